The molecule has 2 aliphatic heterocycles. The van der Waals surface area contributed by atoms with Gasteiger partial charge in [0.15, 0.2) is 21.2 Å². The van der Waals surface area contributed by atoms with E-state index in [1.807, 2.05) is 6.08 Å². The van der Waals surface area contributed by atoms with Crippen molar-refractivity contribution >= 4 is 80.8 Å². The molecule has 6 atom stereocenters. The van der Waals surface area contributed by atoms with E-state index in [0.717, 1.165) is 20.6 Å². The number of aromatic hydroxyl groups is 1. The van der Waals surface area contributed by atoms with Crippen LogP contribution in [-0.4, -0.2) is 52.7 Å². The Morgan fingerprint density at radius 1 is 0.851 bits per heavy atom. The summed E-state index contributed by atoms with van der Waals surface area (Å²) in [6.45, 7) is 0. The first kappa shape index (κ1) is 31.9. The zero-order valence-corrected chi connectivity index (χ0v) is 28.5. The number of phenolic OH excluding ortho intramolecular Hbond substituents is 1. The van der Waals surface area contributed by atoms with Gasteiger partial charge in [0.25, 0.3) is 11.8 Å². The van der Waals surface area contributed by atoms with Crippen molar-refractivity contribution in [2.24, 2.45) is 17.8 Å². The van der Waals surface area contributed by atoms with E-state index in [4.69, 9.17) is 32.7 Å². The first-order chi connectivity index (χ1) is 22.4. The van der Waals surface area contributed by atoms with Crippen molar-refractivity contribution in [1.82, 2.24) is 0 Å². The number of phenols is 1. The summed E-state index contributed by atoms with van der Waals surface area (Å²) in [5.74, 6) is -6.85. The lowest BCUT2D eigenvalue weighted by atomic mass is 9.56. The van der Waals surface area contributed by atoms with Crippen LogP contribution in [0.3, 0.4) is 0 Å². The van der Waals surface area contributed by atoms with Crippen molar-refractivity contribution in [3.8, 4) is 17.2 Å². The Morgan fingerprint density at radius 2 is 1.43 bits per heavy atom. The van der Waals surface area contributed by atoms with Crippen molar-refractivity contribution in [1.29, 1.82) is 0 Å². The van der Waals surface area contributed by atoms with Gasteiger partial charge in [0.2, 0.25) is 17.6 Å². The molecule has 9 nitrogen and oxygen atoms in total. The minimum absolute atomic E-state index is 0.0142. The molecule has 3 aromatic rings. The van der Waals surface area contributed by atoms with Gasteiger partial charge in [-0.1, -0.05) is 11.6 Å². The van der Waals surface area contributed by atoms with Crippen molar-refractivity contribution in [2.75, 3.05) is 24.0 Å². The largest absolute Gasteiger partial charge is 0.502 e. The van der Waals surface area contributed by atoms with Gasteiger partial charge in [-0.2, -0.15) is 0 Å². The molecule has 47 heavy (non-hydrogen) atoms. The second kappa shape index (κ2) is 11.2. The molecule has 13 heteroatoms. The fourth-order valence-electron chi connectivity index (χ4n) is 7.70. The zero-order chi connectivity index (χ0) is 33.6. The molecule has 0 aromatic heterocycles. The van der Waals surface area contributed by atoms with Crippen molar-refractivity contribution in [3.05, 3.63) is 87.3 Å². The minimum atomic E-state index is -2.15. The van der Waals surface area contributed by atoms with Gasteiger partial charge < -0.3 is 14.6 Å². The topological polar surface area (TPSA) is 113 Å². The van der Waals surface area contributed by atoms with Crippen LogP contribution in [0.1, 0.15) is 24.3 Å². The predicted molar refractivity (Wildman–Crippen MR) is 179 cm³/mol. The van der Waals surface area contributed by atoms with Crippen LogP contribution in [0.5, 0.6) is 17.2 Å². The van der Waals surface area contributed by atoms with E-state index in [2.05, 4.69) is 22.6 Å². The maximum absolute atomic E-state index is 14.5. The molecule has 1 N–H and O–H groups in total. The first-order valence-corrected chi connectivity index (χ1v) is 16.5. The number of hydrogen-bond donors (Lipinski definition) is 1. The van der Waals surface area contributed by atoms with Gasteiger partial charge in [-0.3, -0.25) is 24.1 Å². The maximum atomic E-state index is 14.5. The number of alkyl halides is 2. The standard InChI is InChI=1S/C34H26Cl2FIN2O7/c1-46-24-13-16(14-25(47-2)28(24)41)27-21-11-12-22-26(30(43)39(29(22)42)19-9-5-18(38)6-10-19)23(21)15-33(35)31(44)40(32(45)34(27,33)36)20-7-3-17(37)4-8-20/h3-11,13-14,22-23,26-27,41H,12,15H2,1-2H3. The van der Waals surface area contributed by atoms with Crippen LogP contribution in [0.2, 0.25) is 0 Å². The molecule has 0 spiro atoms. The van der Waals surface area contributed by atoms with Gasteiger partial charge in [-0.05, 0) is 108 Å². The Bertz CT molecular complexity index is 1880. The third-order valence-corrected chi connectivity index (χ3v) is 11.9. The summed E-state index contributed by atoms with van der Waals surface area (Å²) in [4.78, 5) is 54.8. The summed E-state index contributed by atoms with van der Waals surface area (Å²) in [5, 5.41) is 10.7. The van der Waals surface area contributed by atoms with Gasteiger partial charge in [0.1, 0.15) is 5.82 Å². The molecule has 2 heterocycles. The Labute approximate surface area is 292 Å². The molecule has 4 aliphatic rings. The Kier molecular flexibility index (Phi) is 7.60. The van der Waals surface area contributed by atoms with E-state index < -0.39 is 57.0 Å². The molecular formula is C34H26Cl2FIN2O7. The van der Waals surface area contributed by atoms with E-state index in [9.17, 15) is 28.7 Å². The molecule has 7 rings (SSSR count). The second-order valence-corrected chi connectivity index (χ2v) is 14.5. The highest BCUT2D eigenvalue weighted by molar-refractivity contribution is 14.1. The van der Waals surface area contributed by atoms with E-state index >= 15 is 0 Å². The fraction of sp³-hybridized carbons (Fsp3) is 0.294. The summed E-state index contributed by atoms with van der Waals surface area (Å²) in [6, 6.07) is 14.8. The van der Waals surface area contributed by atoms with Crippen LogP contribution in [0, 0.1) is 27.1 Å². The van der Waals surface area contributed by atoms with Gasteiger partial charge in [0.05, 0.1) is 37.4 Å². The summed E-state index contributed by atoms with van der Waals surface area (Å²) in [6.07, 6.45) is 1.76. The highest BCUT2D eigenvalue weighted by Crippen LogP contribution is 2.66. The Hall–Kier alpha value is -3.68. The fourth-order valence-corrected chi connectivity index (χ4v) is 8.99. The van der Waals surface area contributed by atoms with Gasteiger partial charge in [0, 0.05) is 9.49 Å². The number of nitrogens with zero attached hydrogens (tertiary/aromatic N) is 2. The van der Waals surface area contributed by atoms with Crippen LogP contribution in [0.25, 0.3) is 0 Å². The minimum Gasteiger partial charge on any atom is -0.502 e. The van der Waals surface area contributed by atoms with Crippen LogP contribution >= 0.6 is 45.8 Å². The van der Waals surface area contributed by atoms with E-state index in [1.165, 1.54) is 43.4 Å². The highest BCUT2D eigenvalue weighted by Gasteiger charge is 2.76. The highest BCUT2D eigenvalue weighted by atomic mass is 127. The molecule has 6 unspecified atom stereocenters. The summed E-state index contributed by atoms with van der Waals surface area (Å²) in [7, 11) is 2.69. The normalized spacial score (nSPS) is 29.8. The molecule has 3 fully saturated rings. The summed E-state index contributed by atoms with van der Waals surface area (Å²) in [5.41, 5.74) is 1.39. The van der Waals surface area contributed by atoms with Crippen molar-refractivity contribution < 1.29 is 38.1 Å². The molecule has 3 aromatic carbocycles. The number of halogens is 4. The number of methoxy groups -OCH3 is 2. The van der Waals surface area contributed by atoms with Crippen LogP contribution in [-0.2, 0) is 19.2 Å². The number of carbonyl (C=O) groups is 4. The second-order valence-electron chi connectivity index (χ2n) is 12.0. The summed E-state index contributed by atoms with van der Waals surface area (Å²) < 4.78 is 25.6. The molecule has 1 saturated carbocycles. The number of allylic oxidation sites excluding steroid dienone is 2. The number of carbonyl (C=O) groups excluding carboxylic acids is 4. The quantitative estimate of drug-likeness (QED) is 0.148. The molecule has 2 aliphatic carbocycles. The Balaban J connectivity index is 1.43. The van der Waals surface area contributed by atoms with E-state index in [-0.39, 0.29) is 41.7 Å². The van der Waals surface area contributed by atoms with Gasteiger partial charge >= 0.3 is 0 Å². The number of hydrogen-bond acceptors (Lipinski definition) is 7. The third kappa shape index (κ3) is 4.38. The monoisotopic (exact) mass is 790 g/mol. The number of fused-ring (bicyclic) bond motifs is 4. The first-order valence-electron chi connectivity index (χ1n) is 14.7. The molecule has 242 valence electrons. The number of ether oxygens (including phenoxy) is 2. The average molecular weight is 791 g/mol. The SMILES string of the molecule is COc1cc(C2C3=CCC4C(=O)N(c5ccc(I)cc5)C(=O)C4C3CC3(Cl)C(=O)N(c4ccc(F)cc4)C(=O)C23Cl)cc(OC)c1O. The third-order valence-electron chi connectivity index (χ3n) is 9.82. The molecule has 4 amide bonds. The molecule has 0 bridgehead atoms. The van der Waals surface area contributed by atoms with Crippen LogP contribution in [0.15, 0.2) is 72.3 Å². The zero-order valence-electron chi connectivity index (χ0n) is 24.9. The molecular weight excluding hydrogens is 765 g/mol. The van der Waals surface area contributed by atoms with Crippen LogP contribution in [0.4, 0.5) is 15.8 Å². The number of benzene rings is 3. The molecule has 0 radical (unpaired) electrons. The van der Waals surface area contributed by atoms with Crippen molar-refractivity contribution in [3.63, 3.8) is 0 Å². The number of rotatable bonds is 5. The predicted octanol–water partition coefficient (Wildman–Crippen LogP) is 5.92. The summed E-state index contributed by atoms with van der Waals surface area (Å²) >= 11 is 17.0. The smallest absolute Gasteiger partial charge is 0.258 e. The van der Waals surface area contributed by atoms with Gasteiger partial charge in [-0.25, -0.2) is 9.29 Å². The van der Waals surface area contributed by atoms with Gasteiger partial charge in [-0.15, -0.1) is 23.2 Å². The number of anilines is 2. The maximum Gasteiger partial charge on any atom is 0.258 e. The molecule has 2 saturated heterocycles. The van der Waals surface area contributed by atoms with Crippen LogP contribution < -0.4 is 19.3 Å². The Morgan fingerprint density at radius 3 is 2.02 bits per heavy atom. The van der Waals surface area contributed by atoms with E-state index in [0.29, 0.717) is 16.8 Å². The number of imide groups is 2. The lowest BCUT2D eigenvalue weighted by molar-refractivity contribution is -0.125. The average Bonchev–Trinajstić information content (AvgIpc) is 3.40. The lowest BCUT2D eigenvalue weighted by Gasteiger charge is -2.50. The van der Waals surface area contributed by atoms with E-state index in [1.54, 1.807) is 24.3 Å². The lowest BCUT2D eigenvalue weighted by Crippen LogP contribution is -2.60. The van der Waals surface area contributed by atoms with Crippen molar-refractivity contribution in [2.45, 2.75) is 28.5 Å². The number of amides is 4.